The Kier molecular flexibility index (Phi) is 8.96. The predicted octanol–water partition coefficient (Wildman–Crippen LogP) is 10.3. The fourth-order valence-electron chi connectivity index (χ4n) is 7.54. The quantitative estimate of drug-likeness (QED) is 0.131. The van der Waals surface area contributed by atoms with E-state index < -0.39 is 0 Å². The van der Waals surface area contributed by atoms with Crippen LogP contribution < -0.4 is 9.47 Å². The van der Waals surface area contributed by atoms with E-state index >= 15 is 0 Å². The van der Waals surface area contributed by atoms with Gasteiger partial charge in [-0.1, -0.05) is 97.8 Å². The molecular weight excluding hydrogens is 794 g/mol. The van der Waals surface area contributed by atoms with Gasteiger partial charge < -0.3 is 0 Å². The van der Waals surface area contributed by atoms with Gasteiger partial charge in [0.2, 0.25) is 11.8 Å². The second kappa shape index (κ2) is 13.4. The summed E-state index contributed by atoms with van der Waals surface area (Å²) in [5.41, 5.74) is 14.9. The summed E-state index contributed by atoms with van der Waals surface area (Å²) in [4.78, 5) is 7.78. The number of imidazole rings is 2. The van der Waals surface area contributed by atoms with Crippen LogP contribution in [0.2, 0.25) is 0 Å². The van der Waals surface area contributed by atoms with E-state index in [1.807, 2.05) is 0 Å². The average molecular weight is 835 g/mol. The number of hydrogen-bond donors (Lipinski definition) is 0. The van der Waals surface area contributed by atoms with E-state index in [1.165, 1.54) is 44.8 Å². The van der Waals surface area contributed by atoms with Gasteiger partial charge in [-0.15, -0.1) is 24.3 Å². The van der Waals surface area contributed by atoms with E-state index in [4.69, 9.17) is 4.98 Å². The van der Waals surface area contributed by atoms with Crippen molar-refractivity contribution < 1.29 is 25.6 Å². The summed E-state index contributed by atoms with van der Waals surface area (Å²) >= 11 is 0. The Morgan fingerprint density at radius 1 is 0.740 bits per heavy atom. The van der Waals surface area contributed by atoms with Gasteiger partial charge in [0.1, 0.15) is 24.6 Å². The molecule has 0 unspecified atom stereocenters. The van der Waals surface area contributed by atoms with Gasteiger partial charge in [-0.25, -0.2) is 9.55 Å². The number of para-hydroxylation sites is 2. The summed E-state index contributed by atoms with van der Waals surface area (Å²) in [5.74, 6) is 2.24. The van der Waals surface area contributed by atoms with Gasteiger partial charge in [-0.05, 0) is 73.7 Å². The zero-order valence-corrected chi connectivity index (χ0v) is 31.7. The predicted molar refractivity (Wildman–Crippen MR) is 200 cm³/mol. The fraction of sp³-hybridized carbons (Fsp3) is 0.182. The maximum Gasteiger partial charge on any atom is 0.218 e. The number of fused-ring (bicyclic) bond motifs is 8. The minimum atomic E-state index is 0. The van der Waals surface area contributed by atoms with E-state index in [9.17, 15) is 0 Å². The van der Waals surface area contributed by atoms with Crippen LogP contribution in [-0.4, -0.2) is 14.1 Å². The monoisotopic (exact) mass is 834 g/mol. The molecule has 4 bridgehead atoms. The Morgan fingerprint density at radius 2 is 1.46 bits per heavy atom. The van der Waals surface area contributed by atoms with Crippen LogP contribution in [0.4, 0.5) is 17.3 Å². The molecule has 0 aliphatic carbocycles. The molecule has 7 aromatic rings. The molecule has 0 atom stereocenters. The van der Waals surface area contributed by atoms with Crippen molar-refractivity contribution in [2.24, 2.45) is 0 Å². The Hall–Kier alpha value is -4.99. The summed E-state index contributed by atoms with van der Waals surface area (Å²) in [6, 6.07) is 40.8. The molecule has 0 saturated carbocycles. The second-order valence-corrected chi connectivity index (χ2v) is 13.6. The zero-order chi connectivity index (χ0) is 33.8. The molecule has 5 aromatic carbocycles. The normalized spacial score (nSPS) is 12.1. The van der Waals surface area contributed by atoms with E-state index in [2.05, 4.69) is 188 Å². The van der Waals surface area contributed by atoms with Crippen molar-refractivity contribution in [1.82, 2.24) is 14.1 Å². The largest absolute Gasteiger partial charge is 0.298 e. The van der Waals surface area contributed by atoms with Crippen molar-refractivity contribution in [3.63, 3.8) is 0 Å². The van der Waals surface area contributed by atoms with Gasteiger partial charge >= 0.3 is 0 Å². The summed E-state index contributed by atoms with van der Waals surface area (Å²) in [7, 11) is 0. The first-order chi connectivity index (χ1) is 23.8. The van der Waals surface area contributed by atoms with Crippen LogP contribution in [-0.2, 0) is 27.6 Å². The molecule has 0 saturated heterocycles. The van der Waals surface area contributed by atoms with Crippen molar-refractivity contribution in [3.8, 4) is 34.0 Å². The molecule has 0 spiro atoms. The van der Waals surface area contributed by atoms with Gasteiger partial charge in [0.15, 0.2) is 0 Å². The molecule has 0 N–H and O–H groups in total. The van der Waals surface area contributed by atoms with Crippen molar-refractivity contribution in [2.75, 3.05) is 4.90 Å². The van der Waals surface area contributed by atoms with Gasteiger partial charge in [0, 0.05) is 44.1 Å². The first-order valence-electron chi connectivity index (χ1n) is 17.1. The number of hydrogen-bond acceptors (Lipinski definition) is 2. The minimum absolute atomic E-state index is 0. The van der Waals surface area contributed by atoms with E-state index in [-0.39, 0.29) is 21.1 Å². The standard InChI is InChI=1S/C44H41N5.Pt/c1-29(2)39-25-30(3)24-33(6)42(39)48-28-40-38-21-11-10-16-35(38)27-46-22-23-47(41-31(4)14-12-15-32(41)5)43(46)34-17-13-20-37(26-34)49(44(48)45-40)36-18-8-7-9-19-36;/h7-25,28-29H,27H2,1-6H3;. The smallest absolute Gasteiger partial charge is 0.218 e. The number of nitrogens with zero attached hydrogens (tertiary/aromatic N) is 5. The molecule has 2 aromatic heterocycles. The molecule has 5 nitrogen and oxygen atoms in total. The van der Waals surface area contributed by atoms with E-state index in [0.717, 1.165) is 40.0 Å². The van der Waals surface area contributed by atoms with Crippen LogP contribution in [0.15, 0.2) is 122 Å². The van der Waals surface area contributed by atoms with Crippen LogP contribution in [0, 0.1) is 33.8 Å². The van der Waals surface area contributed by atoms with Crippen molar-refractivity contribution >= 4 is 17.3 Å². The minimum Gasteiger partial charge on any atom is -0.298 e. The molecule has 252 valence electrons. The Morgan fingerprint density at radius 3 is 2.22 bits per heavy atom. The summed E-state index contributed by atoms with van der Waals surface area (Å²) in [6.07, 6.45) is 6.64. The van der Waals surface area contributed by atoms with Crippen LogP contribution in [0.3, 0.4) is 0 Å². The van der Waals surface area contributed by atoms with Crippen LogP contribution in [0.1, 0.15) is 53.1 Å². The Bertz CT molecular complexity index is 2330. The van der Waals surface area contributed by atoms with E-state index in [1.54, 1.807) is 0 Å². The van der Waals surface area contributed by atoms with Crippen LogP contribution in [0.25, 0.3) is 34.0 Å². The Balaban J connectivity index is 0.00000392. The molecule has 8 rings (SSSR count). The third-order valence-electron chi connectivity index (χ3n) is 9.71. The molecule has 0 fully saturated rings. The summed E-state index contributed by atoms with van der Waals surface area (Å²) < 4.78 is 7.01. The number of benzene rings is 5. The van der Waals surface area contributed by atoms with Gasteiger partial charge in [-0.2, -0.15) is 0 Å². The van der Waals surface area contributed by atoms with Crippen molar-refractivity contribution in [2.45, 2.75) is 54.0 Å². The molecular formula is C44H41N5Pt. The van der Waals surface area contributed by atoms with Crippen molar-refractivity contribution in [3.05, 3.63) is 161 Å². The molecule has 3 heterocycles. The SMILES string of the molecule is Cc1cc(C)c(-n2cc3nc2N(c2ccccc2)c2[c-]c(ccc2)-c2n(-c4c(C)cccc4C)cc[n+]2Cc2ccccc2-3)c(C(C)C)c1.[Pt]. The van der Waals surface area contributed by atoms with Crippen LogP contribution in [0.5, 0.6) is 0 Å². The van der Waals surface area contributed by atoms with Crippen LogP contribution >= 0.6 is 0 Å². The van der Waals surface area contributed by atoms with Gasteiger partial charge in [0.05, 0.1) is 11.4 Å². The summed E-state index contributed by atoms with van der Waals surface area (Å²) in [5, 5.41) is 0. The maximum absolute atomic E-state index is 5.52. The first-order valence-corrected chi connectivity index (χ1v) is 17.1. The van der Waals surface area contributed by atoms with E-state index in [0.29, 0.717) is 12.5 Å². The summed E-state index contributed by atoms with van der Waals surface area (Å²) in [6.45, 7) is 14.0. The molecule has 6 heteroatoms. The second-order valence-electron chi connectivity index (χ2n) is 13.6. The van der Waals surface area contributed by atoms with Gasteiger partial charge in [-0.3, -0.25) is 14.0 Å². The zero-order valence-electron chi connectivity index (χ0n) is 29.4. The molecule has 1 aliphatic rings. The maximum atomic E-state index is 5.52. The first kappa shape index (κ1) is 33.5. The molecule has 1 aliphatic heterocycles. The molecule has 0 radical (unpaired) electrons. The molecule has 50 heavy (non-hydrogen) atoms. The number of rotatable bonds is 4. The third-order valence-corrected chi connectivity index (χ3v) is 9.71. The third kappa shape index (κ3) is 5.74. The fourth-order valence-corrected chi connectivity index (χ4v) is 7.54. The average Bonchev–Trinajstić information content (AvgIpc) is 3.70. The van der Waals surface area contributed by atoms with Crippen molar-refractivity contribution in [1.29, 1.82) is 0 Å². The Labute approximate surface area is 309 Å². The topological polar surface area (TPSA) is 29.9 Å². The number of aryl methyl sites for hydroxylation is 4. The number of anilines is 3. The van der Waals surface area contributed by atoms with Gasteiger partial charge in [0.25, 0.3) is 0 Å². The number of aromatic nitrogens is 4. The molecule has 0 amide bonds.